The van der Waals surface area contributed by atoms with E-state index >= 15 is 0 Å². The average Bonchev–Trinajstić information content (AvgIpc) is 2.96. The minimum absolute atomic E-state index is 0.00840. The van der Waals surface area contributed by atoms with Crippen molar-refractivity contribution in [3.05, 3.63) is 27.1 Å². The summed E-state index contributed by atoms with van der Waals surface area (Å²) in [6.45, 7) is 5.57. The number of carbonyl (C=O) groups is 1. The van der Waals surface area contributed by atoms with Gasteiger partial charge in [-0.15, -0.1) is 11.3 Å². The Labute approximate surface area is 151 Å². The van der Waals surface area contributed by atoms with Gasteiger partial charge in [-0.1, -0.05) is 6.92 Å². The normalized spacial score (nSPS) is 21.5. The lowest BCUT2D eigenvalue weighted by Crippen LogP contribution is -2.48. The smallest absolute Gasteiger partial charge is 0.262 e. The Morgan fingerprint density at radius 3 is 2.84 bits per heavy atom. The van der Waals surface area contributed by atoms with E-state index in [9.17, 15) is 9.59 Å². The fourth-order valence-electron chi connectivity index (χ4n) is 3.78. The van der Waals surface area contributed by atoms with E-state index in [1.165, 1.54) is 15.0 Å². The number of carbonyl (C=O) groups excluding carboxylic acids is 1. The zero-order valence-corrected chi connectivity index (χ0v) is 15.6. The van der Waals surface area contributed by atoms with Crippen LogP contribution in [0.3, 0.4) is 0 Å². The third-order valence-corrected chi connectivity index (χ3v) is 6.61. The molecule has 0 saturated carbocycles. The molecule has 7 heteroatoms. The highest BCUT2D eigenvalue weighted by atomic mass is 32.1. The Morgan fingerprint density at radius 1 is 1.32 bits per heavy atom. The predicted molar refractivity (Wildman–Crippen MR) is 99.1 cm³/mol. The number of thiophene rings is 1. The number of nitrogens with zero attached hydrogens (tertiary/aromatic N) is 4. The summed E-state index contributed by atoms with van der Waals surface area (Å²) in [6.07, 6.45) is 4.65. The standard InChI is InChI=1S/C18H24N4O2S/c1-12-3-4-13-14(9-12)25-17-16(13)18(24)22(11-19-17)10-15(23)21-7-5-20(2)6-8-21/h11-12H,3-10H2,1-2H3/t12-/m1/s1. The Hall–Kier alpha value is -1.73. The molecule has 0 aromatic carbocycles. The Kier molecular flexibility index (Phi) is 4.37. The zero-order valence-electron chi connectivity index (χ0n) is 14.8. The molecular weight excluding hydrogens is 336 g/mol. The number of hydrogen-bond acceptors (Lipinski definition) is 5. The highest BCUT2D eigenvalue weighted by Gasteiger charge is 2.24. The van der Waals surface area contributed by atoms with Crippen LogP contribution in [0.2, 0.25) is 0 Å². The Bertz CT molecular complexity index is 864. The van der Waals surface area contributed by atoms with Crippen LogP contribution in [0.15, 0.2) is 11.1 Å². The van der Waals surface area contributed by atoms with Crippen molar-refractivity contribution in [3.8, 4) is 0 Å². The van der Waals surface area contributed by atoms with Gasteiger partial charge >= 0.3 is 0 Å². The van der Waals surface area contributed by atoms with Gasteiger partial charge < -0.3 is 9.80 Å². The second-order valence-corrected chi connectivity index (χ2v) is 8.48. The summed E-state index contributed by atoms with van der Waals surface area (Å²) in [5.41, 5.74) is 1.12. The van der Waals surface area contributed by atoms with Crippen molar-refractivity contribution in [1.82, 2.24) is 19.4 Å². The number of rotatable bonds is 2. The molecule has 1 aliphatic heterocycles. The van der Waals surface area contributed by atoms with Crippen LogP contribution in [-0.4, -0.2) is 58.5 Å². The Balaban J connectivity index is 1.61. The molecule has 2 aromatic heterocycles. The van der Waals surface area contributed by atoms with E-state index < -0.39 is 0 Å². The summed E-state index contributed by atoms with van der Waals surface area (Å²) in [5, 5.41) is 0.751. The number of likely N-dealkylation sites (N-methyl/N-ethyl adjacent to an activating group) is 1. The van der Waals surface area contributed by atoms with E-state index in [4.69, 9.17) is 0 Å². The number of hydrogen-bond donors (Lipinski definition) is 0. The van der Waals surface area contributed by atoms with Gasteiger partial charge in [-0.25, -0.2) is 4.98 Å². The molecule has 0 N–H and O–H groups in total. The lowest BCUT2D eigenvalue weighted by molar-refractivity contribution is -0.133. The number of aromatic nitrogens is 2. The minimum atomic E-state index is -0.0560. The van der Waals surface area contributed by atoms with Crippen LogP contribution in [0.25, 0.3) is 10.2 Å². The monoisotopic (exact) mass is 360 g/mol. The largest absolute Gasteiger partial charge is 0.339 e. The molecule has 25 heavy (non-hydrogen) atoms. The van der Waals surface area contributed by atoms with Gasteiger partial charge in [0.2, 0.25) is 5.91 Å². The average molecular weight is 360 g/mol. The molecule has 1 saturated heterocycles. The van der Waals surface area contributed by atoms with E-state index in [2.05, 4.69) is 23.9 Å². The predicted octanol–water partition coefficient (Wildman–Crippen LogP) is 1.36. The molecule has 2 aliphatic rings. The quantitative estimate of drug-likeness (QED) is 0.811. The van der Waals surface area contributed by atoms with Gasteiger partial charge in [0.15, 0.2) is 0 Å². The zero-order chi connectivity index (χ0) is 17.6. The first-order valence-corrected chi connectivity index (χ1v) is 9.80. The summed E-state index contributed by atoms with van der Waals surface area (Å²) >= 11 is 1.65. The molecule has 1 amide bonds. The van der Waals surface area contributed by atoms with Gasteiger partial charge in [0.1, 0.15) is 11.4 Å². The van der Waals surface area contributed by atoms with Gasteiger partial charge in [0, 0.05) is 31.1 Å². The van der Waals surface area contributed by atoms with Crippen LogP contribution < -0.4 is 5.56 Å². The third kappa shape index (κ3) is 3.11. The number of piperazine rings is 1. The van der Waals surface area contributed by atoms with E-state index in [0.717, 1.165) is 55.7 Å². The van der Waals surface area contributed by atoms with Crippen molar-refractivity contribution in [2.75, 3.05) is 33.2 Å². The summed E-state index contributed by atoms with van der Waals surface area (Å²) in [5.74, 6) is 0.677. The topological polar surface area (TPSA) is 58.4 Å². The first kappa shape index (κ1) is 16.7. The van der Waals surface area contributed by atoms with E-state index in [1.54, 1.807) is 17.7 Å². The van der Waals surface area contributed by atoms with Gasteiger partial charge in [-0.2, -0.15) is 0 Å². The van der Waals surface area contributed by atoms with Crippen molar-refractivity contribution in [3.63, 3.8) is 0 Å². The molecule has 0 unspecified atom stereocenters. The molecule has 1 atom stereocenters. The SMILES string of the molecule is C[C@@H]1CCc2c(sc3ncn(CC(=O)N4CCN(C)CC4)c(=O)c23)C1. The van der Waals surface area contributed by atoms with E-state index in [-0.39, 0.29) is 18.0 Å². The second kappa shape index (κ2) is 6.53. The molecule has 6 nitrogen and oxygen atoms in total. The number of aryl methyl sites for hydroxylation is 1. The summed E-state index contributed by atoms with van der Waals surface area (Å²) in [4.78, 5) is 36.2. The first-order chi connectivity index (χ1) is 12.0. The molecule has 0 bridgehead atoms. The molecule has 0 spiro atoms. The van der Waals surface area contributed by atoms with Crippen molar-refractivity contribution in [2.24, 2.45) is 5.92 Å². The minimum Gasteiger partial charge on any atom is -0.339 e. The van der Waals surface area contributed by atoms with Gasteiger partial charge in [-0.3, -0.25) is 14.2 Å². The molecule has 3 heterocycles. The fraction of sp³-hybridized carbons (Fsp3) is 0.611. The first-order valence-electron chi connectivity index (χ1n) is 8.99. The second-order valence-electron chi connectivity index (χ2n) is 7.39. The summed E-state index contributed by atoms with van der Waals surface area (Å²) in [6, 6.07) is 0. The number of amides is 1. The van der Waals surface area contributed by atoms with Crippen LogP contribution >= 0.6 is 11.3 Å². The van der Waals surface area contributed by atoms with Crippen molar-refractivity contribution in [2.45, 2.75) is 32.7 Å². The van der Waals surface area contributed by atoms with Crippen LogP contribution in [0.1, 0.15) is 23.8 Å². The Morgan fingerprint density at radius 2 is 2.08 bits per heavy atom. The lowest BCUT2D eigenvalue weighted by atomic mass is 9.89. The molecule has 134 valence electrons. The van der Waals surface area contributed by atoms with Crippen molar-refractivity contribution in [1.29, 1.82) is 0 Å². The highest BCUT2D eigenvalue weighted by Crippen LogP contribution is 2.35. The van der Waals surface area contributed by atoms with E-state index in [1.807, 2.05) is 4.90 Å². The maximum atomic E-state index is 13.0. The maximum Gasteiger partial charge on any atom is 0.262 e. The molecule has 1 fully saturated rings. The molecule has 1 aliphatic carbocycles. The molecule has 0 radical (unpaired) electrons. The fourth-order valence-corrected chi connectivity index (χ4v) is 5.12. The maximum absolute atomic E-state index is 13.0. The number of fused-ring (bicyclic) bond motifs is 3. The third-order valence-electron chi connectivity index (χ3n) is 5.44. The lowest BCUT2D eigenvalue weighted by Gasteiger charge is -2.32. The van der Waals surface area contributed by atoms with Gasteiger partial charge in [0.05, 0.1) is 11.7 Å². The van der Waals surface area contributed by atoms with Crippen LogP contribution in [0, 0.1) is 5.92 Å². The van der Waals surface area contributed by atoms with Crippen LogP contribution in [0.4, 0.5) is 0 Å². The van der Waals surface area contributed by atoms with E-state index in [0.29, 0.717) is 5.92 Å². The van der Waals surface area contributed by atoms with Gasteiger partial charge in [0.25, 0.3) is 5.56 Å². The summed E-state index contributed by atoms with van der Waals surface area (Å²) < 4.78 is 1.49. The van der Waals surface area contributed by atoms with Crippen molar-refractivity contribution >= 4 is 27.5 Å². The van der Waals surface area contributed by atoms with Gasteiger partial charge in [-0.05, 0) is 37.8 Å². The molecule has 4 rings (SSSR count). The summed E-state index contributed by atoms with van der Waals surface area (Å²) in [7, 11) is 2.06. The molecular formula is C18H24N4O2S. The molecule has 2 aromatic rings. The van der Waals surface area contributed by atoms with Crippen LogP contribution in [-0.2, 0) is 24.2 Å². The van der Waals surface area contributed by atoms with Crippen molar-refractivity contribution < 1.29 is 4.79 Å². The highest BCUT2D eigenvalue weighted by molar-refractivity contribution is 7.18. The van der Waals surface area contributed by atoms with Crippen LogP contribution in [0.5, 0.6) is 0 Å².